The third kappa shape index (κ3) is 4.52. The van der Waals surface area contributed by atoms with Crippen molar-refractivity contribution in [3.8, 4) is 0 Å². The highest BCUT2D eigenvalue weighted by Gasteiger charge is 2.21. The molecule has 0 aliphatic rings. The first-order valence-corrected chi connectivity index (χ1v) is 10.9. The van der Waals surface area contributed by atoms with Crippen LogP contribution in [0.15, 0.2) is 58.3 Å². The van der Waals surface area contributed by atoms with E-state index in [2.05, 4.69) is 4.72 Å². The summed E-state index contributed by atoms with van der Waals surface area (Å²) in [6, 6.07) is 11.5. The van der Waals surface area contributed by atoms with Crippen LogP contribution >= 0.6 is 11.6 Å². The van der Waals surface area contributed by atoms with E-state index < -0.39 is 20.0 Å². The van der Waals surface area contributed by atoms with Crippen LogP contribution < -0.4 is 4.72 Å². The second-order valence-electron chi connectivity index (χ2n) is 5.18. The van der Waals surface area contributed by atoms with Crippen molar-refractivity contribution in [2.75, 3.05) is 17.8 Å². The fourth-order valence-corrected chi connectivity index (χ4v) is 5.07. The molecule has 0 spiro atoms. The van der Waals surface area contributed by atoms with Crippen LogP contribution in [0, 0.1) is 0 Å². The van der Waals surface area contributed by atoms with Crippen molar-refractivity contribution in [2.45, 2.75) is 23.6 Å². The first-order chi connectivity index (χ1) is 11.7. The molecule has 2 aromatic rings. The molecule has 0 aromatic heterocycles. The predicted octanol–water partition coefficient (Wildman–Crippen LogP) is 3.17. The second-order valence-corrected chi connectivity index (χ2v) is 9.23. The van der Waals surface area contributed by atoms with E-state index in [9.17, 15) is 16.8 Å². The third-order valence-corrected chi connectivity index (χ3v) is 7.23. The summed E-state index contributed by atoms with van der Waals surface area (Å²) < 4.78 is 53.3. The molecule has 0 aliphatic heterocycles. The Labute approximate surface area is 153 Å². The van der Waals surface area contributed by atoms with Gasteiger partial charge in [-0.15, -0.1) is 0 Å². The first-order valence-electron chi connectivity index (χ1n) is 7.59. The molecule has 0 amide bonds. The standard InChI is InChI=1S/C16H19ClN2O4S2/c1-3-19(4-2)25(22,23)15-10-8-14(9-11-15)18-24(20,21)16-7-5-6-13(17)12-16/h5-12,18H,3-4H2,1-2H3. The molecule has 0 bridgehead atoms. The zero-order valence-corrected chi connectivity index (χ0v) is 16.2. The molecule has 0 atom stereocenters. The Hall–Kier alpha value is -1.61. The minimum Gasteiger partial charge on any atom is -0.280 e. The van der Waals surface area contributed by atoms with Gasteiger partial charge in [-0.05, 0) is 42.5 Å². The maximum atomic E-state index is 12.4. The molecule has 0 radical (unpaired) electrons. The van der Waals surface area contributed by atoms with Gasteiger partial charge >= 0.3 is 0 Å². The van der Waals surface area contributed by atoms with Gasteiger partial charge in [0.2, 0.25) is 10.0 Å². The number of nitrogens with one attached hydrogen (secondary N) is 1. The Balaban J connectivity index is 2.26. The number of nitrogens with zero attached hydrogens (tertiary/aromatic N) is 1. The lowest BCUT2D eigenvalue weighted by atomic mass is 10.3. The predicted molar refractivity (Wildman–Crippen MR) is 98.8 cm³/mol. The van der Waals surface area contributed by atoms with Gasteiger partial charge in [0.25, 0.3) is 10.0 Å². The zero-order valence-electron chi connectivity index (χ0n) is 13.8. The minimum absolute atomic E-state index is 0.0276. The molecule has 2 aromatic carbocycles. The molecular weight excluding hydrogens is 384 g/mol. The third-order valence-electron chi connectivity index (χ3n) is 3.56. The molecule has 0 unspecified atom stereocenters. The molecule has 1 N–H and O–H groups in total. The second kappa shape index (κ2) is 7.74. The van der Waals surface area contributed by atoms with Gasteiger partial charge < -0.3 is 0 Å². The largest absolute Gasteiger partial charge is 0.280 e. The first kappa shape index (κ1) is 19.7. The van der Waals surface area contributed by atoms with Crippen molar-refractivity contribution in [1.29, 1.82) is 0 Å². The molecule has 9 heteroatoms. The number of hydrogen-bond acceptors (Lipinski definition) is 4. The van der Waals surface area contributed by atoms with Crippen molar-refractivity contribution in [1.82, 2.24) is 4.31 Å². The van der Waals surface area contributed by atoms with Gasteiger partial charge in [0.15, 0.2) is 0 Å². The minimum atomic E-state index is -3.80. The van der Waals surface area contributed by atoms with Crippen molar-refractivity contribution < 1.29 is 16.8 Å². The summed E-state index contributed by atoms with van der Waals surface area (Å²) >= 11 is 5.82. The van der Waals surface area contributed by atoms with Gasteiger partial charge in [-0.3, -0.25) is 4.72 Å². The van der Waals surface area contributed by atoms with Gasteiger partial charge in [0.05, 0.1) is 9.79 Å². The van der Waals surface area contributed by atoms with Crippen LogP contribution in [0.5, 0.6) is 0 Å². The molecule has 0 saturated heterocycles. The molecule has 6 nitrogen and oxygen atoms in total. The number of anilines is 1. The summed E-state index contributed by atoms with van der Waals surface area (Å²) in [4.78, 5) is 0.141. The number of benzene rings is 2. The number of sulfonamides is 2. The number of halogens is 1. The van der Waals surface area contributed by atoms with Crippen LogP contribution in [0.3, 0.4) is 0 Å². The van der Waals surface area contributed by atoms with Crippen molar-refractivity contribution in [2.24, 2.45) is 0 Å². The van der Waals surface area contributed by atoms with E-state index in [0.29, 0.717) is 18.1 Å². The van der Waals surface area contributed by atoms with Crippen LogP contribution in [0.1, 0.15) is 13.8 Å². The topological polar surface area (TPSA) is 83.6 Å². The summed E-state index contributed by atoms with van der Waals surface area (Å²) in [7, 11) is -7.38. The Bertz CT molecular complexity index is 938. The fraction of sp³-hybridized carbons (Fsp3) is 0.250. The highest BCUT2D eigenvalue weighted by molar-refractivity contribution is 7.92. The Morgan fingerprint density at radius 3 is 2.04 bits per heavy atom. The van der Waals surface area contributed by atoms with E-state index in [1.165, 1.54) is 46.8 Å². The van der Waals surface area contributed by atoms with Crippen molar-refractivity contribution in [3.05, 3.63) is 53.6 Å². The SMILES string of the molecule is CCN(CC)S(=O)(=O)c1ccc(NS(=O)(=O)c2cccc(Cl)c2)cc1. The maximum absolute atomic E-state index is 12.4. The lowest BCUT2D eigenvalue weighted by Crippen LogP contribution is -2.30. The summed E-state index contributed by atoms with van der Waals surface area (Å²) in [6.45, 7) is 4.24. The van der Waals surface area contributed by atoms with Gasteiger partial charge in [-0.1, -0.05) is 31.5 Å². The van der Waals surface area contributed by atoms with Crippen LogP contribution in [-0.2, 0) is 20.0 Å². The van der Waals surface area contributed by atoms with Crippen molar-refractivity contribution >= 4 is 37.3 Å². The quantitative estimate of drug-likeness (QED) is 0.770. The van der Waals surface area contributed by atoms with Crippen molar-refractivity contribution in [3.63, 3.8) is 0 Å². The van der Waals surface area contributed by atoms with Crippen LogP contribution in [0.4, 0.5) is 5.69 Å². The van der Waals surface area contributed by atoms with Crippen LogP contribution in [-0.4, -0.2) is 34.2 Å². The Morgan fingerprint density at radius 2 is 1.52 bits per heavy atom. The lowest BCUT2D eigenvalue weighted by Gasteiger charge is -2.18. The van der Waals surface area contributed by atoms with E-state index in [0.717, 1.165) is 0 Å². The molecule has 0 heterocycles. The fourth-order valence-electron chi connectivity index (χ4n) is 2.26. The normalized spacial score (nSPS) is 12.3. The molecule has 0 aliphatic carbocycles. The molecule has 136 valence electrons. The summed E-state index contributed by atoms with van der Waals surface area (Å²) in [5, 5.41) is 0.309. The average Bonchev–Trinajstić information content (AvgIpc) is 2.56. The van der Waals surface area contributed by atoms with Gasteiger partial charge in [-0.25, -0.2) is 16.8 Å². The van der Waals surface area contributed by atoms with E-state index in [1.54, 1.807) is 19.9 Å². The van der Waals surface area contributed by atoms with E-state index >= 15 is 0 Å². The molecule has 2 rings (SSSR count). The van der Waals surface area contributed by atoms with Crippen LogP contribution in [0.2, 0.25) is 5.02 Å². The van der Waals surface area contributed by atoms with E-state index in [1.807, 2.05) is 0 Å². The van der Waals surface area contributed by atoms with Gasteiger partial charge in [0, 0.05) is 23.8 Å². The lowest BCUT2D eigenvalue weighted by molar-refractivity contribution is 0.445. The smallest absolute Gasteiger partial charge is 0.261 e. The summed E-state index contributed by atoms with van der Waals surface area (Å²) in [6.07, 6.45) is 0. The Kier molecular flexibility index (Phi) is 6.10. The molecule has 0 saturated carbocycles. The van der Waals surface area contributed by atoms with E-state index in [-0.39, 0.29) is 15.5 Å². The number of hydrogen-bond donors (Lipinski definition) is 1. The highest BCUT2D eigenvalue weighted by Crippen LogP contribution is 2.22. The molecular formula is C16H19ClN2O4S2. The Morgan fingerprint density at radius 1 is 0.920 bits per heavy atom. The van der Waals surface area contributed by atoms with Gasteiger partial charge in [0.1, 0.15) is 0 Å². The summed E-state index contributed by atoms with van der Waals surface area (Å²) in [5.41, 5.74) is 0.262. The monoisotopic (exact) mass is 402 g/mol. The number of rotatable bonds is 7. The highest BCUT2D eigenvalue weighted by atomic mass is 35.5. The average molecular weight is 403 g/mol. The van der Waals surface area contributed by atoms with Crippen LogP contribution in [0.25, 0.3) is 0 Å². The summed E-state index contributed by atoms with van der Waals surface area (Å²) in [5.74, 6) is 0. The molecule has 25 heavy (non-hydrogen) atoms. The van der Waals surface area contributed by atoms with Gasteiger partial charge in [-0.2, -0.15) is 4.31 Å². The maximum Gasteiger partial charge on any atom is 0.261 e. The molecule has 0 fully saturated rings. The van der Waals surface area contributed by atoms with E-state index in [4.69, 9.17) is 11.6 Å². The zero-order chi connectivity index (χ0) is 18.7.